The molecule has 51 heavy (non-hydrogen) atoms. The van der Waals surface area contributed by atoms with E-state index in [-0.39, 0.29) is 39.5 Å². The van der Waals surface area contributed by atoms with E-state index in [1.807, 2.05) is 0 Å². The summed E-state index contributed by atoms with van der Waals surface area (Å²) in [6, 6.07) is 25.9. The van der Waals surface area contributed by atoms with Crippen LogP contribution in [-0.4, -0.2) is 91.0 Å². The standard InChI is InChI=1S/C38H38O13/c1-43-31-17-9-5-13-26(31)30(39)23-47-35(24-50-38(42)29-16-8-12-20-34(29)46-4)51-25(21-48-36(40)27-14-6-10-18-32(27)44-2)22-49-37(41)28-15-7-11-19-33(28)45-3/h5-20,25,35H,21-24H2,1-4H3. The Morgan fingerprint density at radius 3 is 1.20 bits per heavy atom. The number of carbonyl (C=O) groups is 4. The molecule has 0 saturated heterocycles. The lowest BCUT2D eigenvalue weighted by Crippen LogP contribution is -2.37. The van der Waals surface area contributed by atoms with Gasteiger partial charge in [-0.3, -0.25) is 4.79 Å². The number of Topliss-reactive ketones (excluding diaryl/α,β-unsaturated/α-hetero) is 1. The van der Waals surface area contributed by atoms with Crippen LogP contribution >= 0.6 is 0 Å². The molecule has 0 aliphatic carbocycles. The number of carbonyl (C=O) groups excluding carboxylic acids is 4. The third-order valence-electron chi connectivity index (χ3n) is 7.28. The minimum atomic E-state index is -1.41. The quantitative estimate of drug-likeness (QED) is 0.0545. The van der Waals surface area contributed by atoms with Crippen LogP contribution in [0.2, 0.25) is 0 Å². The van der Waals surface area contributed by atoms with E-state index >= 15 is 0 Å². The third-order valence-corrected chi connectivity index (χ3v) is 7.28. The van der Waals surface area contributed by atoms with E-state index in [9.17, 15) is 19.2 Å². The number of hydrogen-bond acceptors (Lipinski definition) is 13. The van der Waals surface area contributed by atoms with Gasteiger partial charge in [0, 0.05) is 0 Å². The molecule has 0 radical (unpaired) electrons. The summed E-state index contributed by atoms with van der Waals surface area (Å²) < 4.78 is 49.6. The Morgan fingerprint density at radius 1 is 0.471 bits per heavy atom. The molecule has 4 rings (SSSR count). The van der Waals surface area contributed by atoms with Gasteiger partial charge in [-0.05, 0) is 48.5 Å². The Morgan fingerprint density at radius 2 is 0.804 bits per heavy atom. The van der Waals surface area contributed by atoms with Crippen LogP contribution in [0.4, 0.5) is 0 Å². The molecule has 0 bridgehead atoms. The zero-order valence-electron chi connectivity index (χ0n) is 28.5. The number of methoxy groups -OCH3 is 4. The molecule has 0 amide bonds. The minimum Gasteiger partial charge on any atom is -0.496 e. The zero-order chi connectivity index (χ0) is 36.6. The number of rotatable bonds is 19. The smallest absolute Gasteiger partial charge is 0.342 e. The van der Waals surface area contributed by atoms with Crippen LogP contribution in [0, 0.1) is 0 Å². The highest BCUT2D eigenvalue weighted by Crippen LogP contribution is 2.22. The number of ether oxygens (including phenoxy) is 9. The minimum absolute atomic E-state index is 0.136. The van der Waals surface area contributed by atoms with Crippen molar-refractivity contribution in [2.24, 2.45) is 0 Å². The topological polar surface area (TPSA) is 151 Å². The predicted octanol–water partition coefficient (Wildman–Crippen LogP) is 5.20. The van der Waals surface area contributed by atoms with Crippen molar-refractivity contribution in [3.63, 3.8) is 0 Å². The molecule has 0 aromatic heterocycles. The Kier molecular flexibility index (Phi) is 14.4. The van der Waals surface area contributed by atoms with Crippen molar-refractivity contribution in [2.45, 2.75) is 12.4 Å². The average Bonchev–Trinajstić information content (AvgIpc) is 3.18. The van der Waals surface area contributed by atoms with Crippen molar-refractivity contribution >= 4 is 23.7 Å². The lowest BCUT2D eigenvalue weighted by molar-refractivity contribution is -0.196. The molecule has 0 saturated carbocycles. The Labute approximate surface area is 294 Å². The normalized spacial score (nSPS) is 11.2. The molecule has 1 unspecified atom stereocenters. The number of esters is 3. The highest BCUT2D eigenvalue weighted by molar-refractivity contribution is 5.99. The molecule has 0 spiro atoms. The highest BCUT2D eigenvalue weighted by atomic mass is 16.7. The summed E-state index contributed by atoms with van der Waals surface area (Å²) in [4.78, 5) is 52.4. The molecule has 0 aliphatic heterocycles. The molecular weight excluding hydrogens is 664 g/mol. The van der Waals surface area contributed by atoms with Gasteiger partial charge in [0.15, 0.2) is 12.1 Å². The number of ketones is 1. The molecule has 4 aromatic carbocycles. The summed E-state index contributed by atoms with van der Waals surface area (Å²) >= 11 is 0. The number of hydrogen-bond donors (Lipinski definition) is 0. The first-order valence-corrected chi connectivity index (χ1v) is 15.6. The van der Waals surface area contributed by atoms with E-state index in [1.54, 1.807) is 78.9 Å². The number of para-hydroxylation sites is 4. The van der Waals surface area contributed by atoms with Crippen molar-refractivity contribution in [3.8, 4) is 23.0 Å². The van der Waals surface area contributed by atoms with Crippen LogP contribution in [0.25, 0.3) is 0 Å². The molecule has 13 heteroatoms. The van der Waals surface area contributed by atoms with E-state index in [0.29, 0.717) is 5.75 Å². The van der Waals surface area contributed by atoms with Crippen LogP contribution in [0.3, 0.4) is 0 Å². The Hall–Kier alpha value is -5.92. The fourth-order valence-corrected chi connectivity index (χ4v) is 4.74. The predicted molar refractivity (Wildman–Crippen MR) is 182 cm³/mol. The molecule has 4 aromatic rings. The second kappa shape index (κ2) is 19.3. The highest BCUT2D eigenvalue weighted by Gasteiger charge is 2.26. The first kappa shape index (κ1) is 37.9. The van der Waals surface area contributed by atoms with Crippen LogP contribution < -0.4 is 18.9 Å². The molecular formula is C38H38O13. The van der Waals surface area contributed by atoms with Gasteiger partial charge in [-0.15, -0.1) is 0 Å². The summed E-state index contributed by atoms with van der Waals surface area (Å²) in [5, 5.41) is 0. The average molecular weight is 703 g/mol. The van der Waals surface area contributed by atoms with Crippen molar-refractivity contribution < 1.29 is 61.8 Å². The molecule has 0 heterocycles. The van der Waals surface area contributed by atoms with Gasteiger partial charge >= 0.3 is 17.9 Å². The molecule has 1 atom stereocenters. The fourth-order valence-electron chi connectivity index (χ4n) is 4.74. The van der Waals surface area contributed by atoms with E-state index in [0.717, 1.165) is 0 Å². The second-order valence-corrected chi connectivity index (χ2v) is 10.5. The molecule has 0 fully saturated rings. The number of benzene rings is 4. The summed E-state index contributed by atoms with van der Waals surface area (Å²) in [6.07, 6.45) is -2.60. The van der Waals surface area contributed by atoms with Crippen molar-refractivity contribution in [2.75, 3.05) is 54.9 Å². The van der Waals surface area contributed by atoms with Gasteiger partial charge in [0.1, 0.15) is 72.2 Å². The molecule has 0 N–H and O–H groups in total. The van der Waals surface area contributed by atoms with Gasteiger partial charge < -0.3 is 42.6 Å². The van der Waals surface area contributed by atoms with Crippen molar-refractivity contribution in [1.29, 1.82) is 0 Å². The van der Waals surface area contributed by atoms with Crippen LogP contribution in [-0.2, 0) is 23.7 Å². The summed E-state index contributed by atoms with van der Waals surface area (Å²) in [6.45, 7) is -1.94. The second-order valence-electron chi connectivity index (χ2n) is 10.5. The van der Waals surface area contributed by atoms with Crippen molar-refractivity contribution in [1.82, 2.24) is 0 Å². The summed E-state index contributed by atoms with van der Waals surface area (Å²) in [7, 11) is 5.67. The molecule has 268 valence electrons. The van der Waals surface area contributed by atoms with Gasteiger partial charge in [0.25, 0.3) is 0 Å². The lowest BCUT2D eigenvalue weighted by Gasteiger charge is -2.25. The van der Waals surface area contributed by atoms with Crippen LogP contribution in [0.1, 0.15) is 41.4 Å². The van der Waals surface area contributed by atoms with E-state index in [1.165, 1.54) is 46.6 Å². The zero-order valence-corrected chi connectivity index (χ0v) is 28.5. The fraction of sp³-hybridized carbons (Fsp3) is 0.263. The van der Waals surface area contributed by atoms with Crippen LogP contribution in [0.5, 0.6) is 23.0 Å². The first-order valence-electron chi connectivity index (χ1n) is 15.6. The maximum atomic E-state index is 13.2. The van der Waals surface area contributed by atoms with Gasteiger partial charge in [-0.25, -0.2) is 14.4 Å². The third kappa shape index (κ3) is 10.5. The van der Waals surface area contributed by atoms with Gasteiger partial charge in [0.2, 0.25) is 0 Å². The van der Waals surface area contributed by atoms with E-state index in [4.69, 9.17) is 42.6 Å². The largest absolute Gasteiger partial charge is 0.496 e. The SMILES string of the molecule is COc1ccccc1C(=O)COC(COC(=O)c1ccccc1OC)OC(COC(=O)c1ccccc1OC)COC(=O)c1ccccc1OC. The van der Waals surface area contributed by atoms with E-state index < -0.39 is 62.5 Å². The van der Waals surface area contributed by atoms with E-state index in [2.05, 4.69) is 0 Å². The van der Waals surface area contributed by atoms with Crippen LogP contribution in [0.15, 0.2) is 97.1 Å². The lowest BCUT2D eigenvalue weighted by atomic mass is 10.1. The maximum Gasteiger partial charge on any atom is 0.342 e. The first-order chi connectivity index (χ1) is 24.8. The maximum absolute atomic E-state index is 13.2. The summed E-state index contributed by atoms with van der Waals surface area (Å²) in [5.74, 6) is -1.55. The monoisotopic (exact) mass is 702 g/mol. The van der Waals surface area contributed by atoms with Crippen molar-refractivity contribution in [3.05, 3.63) is 119 Å². The van der Waals surface area contributed by atoms with Gasteiger partial charge in [-0.1, -0.05) is 48.5 Å². The molecule has 13 nitrogen and oxygen atoms in total. The Bertz CT molecular complexity index is 1530. The van der Waals surface area contributed by atoms with Gasteiger partial charge in [0.05, 0.1) is 34.0 Å². The molecule has 0 aliphatic rings. The Balaban J connectivity index is 1.56. The summed E-state index contributed by atoms with van der Waals surface area (Å²) in [5.41, 5.74) is 0.672. The van der Waals surface area contributed by atoms with Gasteiger partial charge in [-0.2, -0.15) is 0 Å².